The maximum atomic E-state index is 13.7. The van der Waals surface area contributed by atoms with E-state index in [-0.39, 0.29) is 63.2 Å². The lowest BCUT2D eigenvalue weighted by Crippen LogP contribution is -2.42. The molecule has 172 valence electrons. The van der Waals surface area contributed by atoms with Gasteiger partial charge >= 0.3 is 4.87 Å². The third-order valence-electron chi connectivity index (χ3n) is 8.08. The average molecular weight is 555 g/mol. The molecule has 0 unspecified atom stereocenters. The fraction of sp³-hybridized carbons (Fsp3) is 0.320. The van der Waals surface area contributed by atoms with Gasteiger partial charge in [0.1, 0.15) is 5.75 Å². The van der Waals surface area contributed by atoms with Crippen LogP contribution in [-0.2, 0) is 9.59 Å². The van der Waals surface area contributed by atoms with Crippen molar-refractivity contribution in [2.24, 2.45) is 29.6 Å². The number of amides is 2. The van der Waals surface area contributed by atoms with Crippen molar-refractivity contribution in [3.05, 3.63) is 73.1 Å². The van der Waals surface area contributed by atoms with Crippen LogP contribution in [0.2, 0.25) is 0 Å². The number of benzene rings is 2. The summed E-state index contributed by atoms with van der Waals surface area (Å²) in [7, 11) is 0. The molecule has 1 aromatic heterocycles. The van der Waals surface area contributed by atoms with E-state index in [2.05, 4.69) is 20.9 Å². The number of para-hydroxylation sites is 1. The molecule has 3 heterocycles. The van der Waals surface area contributed by atoms with Crippen LogP contribution in [0.25, 0.3) is 0 Å². The first-order valence-electron chi connectivity index (χ1n) is 11.2. The van der Waals surface area contributed by atoms with E-state index in [4.69, 9.17) is 0 Å². The normalized spacial score (nSPS) is 33.2. The highest BCUT2D eigenvalue weighted by molar-refractivity contribution is 9.10. The number of aromatic amines is 1. The zero-order chi connectivity index (χ0) is 23.3. The van der Waals surface area contributed by atoms with Crippen molar-refractivity contribution in [2.75, 3.05) is 4.90 Å². The predicted molar refractivity (Wildman–Crippen MR) is 133 cm³/mol. The topological polar surface area (TPSA) is 90.5 Å². The number of thiazole rings is 1. The van der Waals surface area contributed by atoms with E-state index in [1.54, 1.807) is 36.0 Å². The molecular weight excluding hydrogens is 536 g/mol. The summed E-state index contributed by atoms with van der Waals surface area (Å²) in [4.78, 5) is 44.8. The lowest BCUT2D eigenvalue weighted by Gasteiger charge is -2.43. The molecule has 1 saturated heterocycles. The van der Waals surface area contributed by atoms with Crippen LogP contribution in [0.4, 0.5) is 5.69 Å². The van der Waals surface area contributed by atoms with Crippen molar-refractivity contribution < 1.29 is 14.7 Å². The number of anilines is 1. The fourth-order valence-corrected chi connectivity index (χ4v) is 10.1. The highest BCUT2D eigenvalue weighted by Crippen LogP contribution is 2.69. The molecular formula is C25H19BrN2O4S2. The Labute approximate surface area is 211 Å². The lowest BCUT2D eigenvalue weighted by atomic mass is 9.68. The standard InChI is InChI=1S/C25H19BrN2O4S2/c26-10-5-7-11(8-6-10)28-23(30)18-13-9-14(19(18)24(28)31)20-17(13)16(12-3-1-2-4-15(12)29)21-22(33-20)27-25(32)34-21/h1-8,13-14,16-20,29H,9H2,(H,27,32)/t13-,14-,16+,17+,18+,19+,20-/m1/s1. The number of aromatic nitrogens is 1. The molecule has 2 aliphatic heterocycles. The number of imide groups is 1. The predicted octanol–water partition coefficient (Wildman–Crippen LogP) is 4.58. The third-order valence-corrected chi connectivity index (χ3v) is 11.2. The minimum Gasteiger partial charge on any atom is -0.508 e. The maximum Gasteiger partial charge on any atom is 0.305 e. The Kier molecular flexibility index (Phi) is 4.51. The highest BCUT2D eigenvalue weighted by Gasteiger charge is 2.69. The van der Waals surface area contributed by atoms with Gasteiger partial charge in [0, 0.05) is 26.1 Å². The Bertz CT molecular complexity index is 1420. The molecule has 34 heavy (non-hydrogen) atoms. The summed E-state index contributed by atoms with van der Waals surface area (Å²) in [5.74, 6) is -0.705. The highest BCUT2D eigenvalue weighted by atomic mass is 79.9. The number of phenolic OH excluding ortho intramolecular Hbond substituents is 1. The number of H-pyrrole nitrogens is 1. The molecule has 2 amide bonds. The molecule has 2 bridgehead atoms. The van der Waals surface area contributed by atoms with Crippen LogP contribution >= 0.6 is 39.0 Å². The summed E-state index contributed by atoms with van der Waals surface area (Å²) in [5, 5.41) is 11.7. The smallest absolute Gasteiger partial charge is 0.305 e. The van der Waals surface area contributed by atoms with Crippen LogP contribution < -0.4 is 9.77 Å². The fourth-order valence-electron chi connectivity index (χ4n) is 6.96. The molecule has 2 aromatic carbocycles. The van der Waals surface area contributed by atoms with Gasteiger partial charge in [-0.25, -0.2) is 0 Å². The van der Waals surface area contributed by atoms with Crippen LogP contribution in [0.1, 0.15) is 22.8 Å². The second-order valence-electron chi connectivity index (χ2n) is 9.51. The molecule has 2 saturated carbocycles. The molecule has 7 atom stereocenters. The second-order valence-corrected chi connectivity index (χ2v) is 12.6. The van der Waals surface area contributed by atoms with Crippen LogP contribution in [0, 0.1) is 29.6 Å². The Balaban J connectivity index is 1.34. The first kappa shape index (κ1) is 21.0. The van der Waals surface area contributed by atoms with Gasteiger partial charge in [-0.3, -0.25) is 19.3 Å². The van der Waals surface area contributed by atoms with Gasteiger partial charge in [0.2, 0.25) is 11.8 Å². The number of fused-ring (bicyclic) bond motifs is 9. The van der Waals surface area contributed by atoms with E-state index in [0.29, 0.717) is 5.69 Å². The van der Waals surface area contributed by atoms with E-state index < -0.39 is 0 Å². The zero-order valence-electron chi connectivity index (χ0n) is 17.7. The Hall–Kier alpha value is -2.36. The summed E-state index contributed by atoms with van der Waals surface area (Å²) < 4.78 is 0.892. The summed E-state index contributed by atoms with van der Waals surface area (Å²) in [6.45, 7) is 0. The molecule has 9 heteroatoms. The van der Waals surface area contributed by atoms with E-state index in [0.717, 1.165) is 26.4 Å². The van der Waals surface area contributed by atoms with Gasteiger partial charge in [-0.05, 0) is 54.5 Å². The van der Waals surface area contributed by atoms with Crippen molar-refractivity contribution in [1.82, 2.24) is 4.98 Å². The van der Waals surface area contributed by atoms with Crippen molar-refractivity contribution >= 4 is 56.5 Å². The maximum absolute atomic E-state index is 13.7. The Morgan fingerprint density at radius 3 is 2.41 bits per heavy atom. The molecule has 3 aromatic rings. The van der Waals surface area contributed by atoms with Gasteiger partial charge in [0.15, 0.2) is 0 Å². The van der Waals surface area contributed by atoms with Crippen LogP contribution in [0.5, 0.6) is 5.75 Å². The van der Waals surface area contributed by atoms with Crippen molar-refractivity contribution in [1.29, 1.82) is 0 Å². The van der Waals surface area contributed by atoms with Crippen LogP contribution in [-0.4, -0.2) is 27.2 Å². The number of nitrogens with one attached hydrogen (secondary N) is 1. The molecule has 4 aliphatic rings. The van der Waals surface area contributed by atoms with Gasteiger partial charge in [-0.1, -0.05) is 45.5 Å². The molecule has 0 radical (unpaired) electrons. The van der Waals surface area contributed by atoms with Crippen molar-refractivity contribution in [3.8, 4) is 5.75 Å². The summed E-state index contributed by atoms with van der Waals surface area (Å²) in [6.07, 6.45) is 0.826. The number of hydrogen-bond donors (Lipinski definition) is 2. The number of carbonyl (C=O) groups is 2. The van der Waals surface area contributed by atoms with E-state index >= 15 is 0 Å². The third kappa shape index (κ3) is 2.71. The first-order valence-corrected chi connectivity index (χ1v) is 13.7. The van der Waals surface area contributed by atoms with Crippen molar-refractivity contribution in [3.63, 3.8) is 0 Å². The zero-order valence-corrected chi connectivity index (χ0v) is 20.9. The lowest BCUT2D eigenvalue weighted by molar-refractivity contribution is -0.123. The molecule has 2 aliphatic carbocycles. The largest absolute Gasteiger partial charge is 0.508 e. The number of thioether (sulfide) groups is 1. The molecule has 6 nitrogen and oxygen atoms in total. The number of aromatic hydroxyl groups is 1. The molecule has 0 spiro atoms. The van der Waals surface area contributed by atoms with Crippen molar-refractivity contribution in [2.45, 2.75) is 22.6 Å². The van der Waals surface area contributed by atoms with Crippen LogP contribution in [0.3, 0.4) is 0 Å². The Morgan fingerprint density at radius 2 is 1.68 bits per heavy atom. The summed E-state index contributed by atoms with van der Waals surface area (Å²) in [5.41, 5.74) is 1.41. The average Bonchev–Trinajstić information content (AvgIpc) is 3.54. The molecule has 3 fully saturated rings. The second kappa shape index (κ2) is 7.32. The Morgan fingerprint density at radius 1 is 0.971 bits per heavy atom. The van der Waals surface area contributed by atoms with Gasteiger partial charge in [0.25, 0.3) is 0 Å². The number of hydrogen-bond acceptors (Lipinski definition) is 6. The van der Waals surface area contributed by atoms with Gasteiger partial charge < -0.3 is 10.1 Å². The molecule has 2 N–H and O–H groups in total. The van der Waals surface area contributed by atoms with E-state index in [1.165, 1.54) is 16.2 Å². The minimum absolute atomic E-state index is 0.0272. The van der Waals surface area contributed by atoms with E-state index in [9.17, 15) is 19.5 Å². The number of phenols is 1. The minimum atomic E-state index is -0.353. The number of carbonyl (C=O) groups excluding carboxylic acids is 2. The van der Waals surface area contributed by atoms with Gasteiger partial charge in [-0.15, -0.1) is 11.8 Å². The molecule has 7 rings (SSSR count). The quantitative estimate of drug-likeness (QED) is 0.452. The van der Waals surface area contributed by atoms with Crippen LogP contribution in [0.15, 0.2) is 62.8 Å². The number of rotatable bonds is 2. The van der Waals surface area contributed by atoms with Gasteiger partial charge in [-0.2, -0.15) is 0 Å². The van der Waals surface area contributed by atoms with Gasteiger partial charge in [0.05, 0.1) is 22.5 Å². The SMILES string of the molecule is O=C1[C@H]2[C@H]3C[C@@H]([C@@H]2C(=O)N1c1ccc(Br)cc1)[C@H]1[C@H](c2ccccc2O)c2sc(=O)[nH]c2S[C@H]31. The number of nitrogens with zero attached hydrogens (tertiary/aromatic N) is 1. The van der Waals surface area contributed by atoms with E-state index in [1.807, 2.05) is 24.3 Å². The summed E-state index contributed by atoms with van der Waals surface area (Å²) >= 11 is 6.26. The summed E-state index contributed by atoms with van der Waals surface area (Å²) in [6, 6.07) is 14.6. The monoisotopic (exact) mass is 554 g/mol. The number of halogens is 1. The first-order chi connectivity index (χ1) is 16.4.